The summed E-state index contributed by atoms with van der Waals surface area (Å²) in [7, 11) is 0. The molecular weight excluding hydrogens is 475 g/mol. The summed E-state index contributed by atoms with van der Waals surface area (Å²) in [5, 5.41) is 11.9. The summed E-state index contributed by atoms with van der Waals surface area (Å²) >= 11 is 6.54. The fourth-order valence-electron chi connectivity index (χ4n) is 3.68. The topological polar surface area (TPSA) is 95.9 Å². The van der Waals surface area contributed by atoms with Gasteiger partial charge in [0.15, 0.2) is 0 Å². The Kier molecular flexibility index (Phi) is 6.84. The van der Waals surface area contributed by atoms with Gasteiger partial charge in [-0.05, 0) is 72.7 Å². The number of amides is 4. The SMILES string of the molecule is CCOc1cc(/C=C2\C(=O)NC(=O)N(c3ccc(O)cc3)C2=O)cc(Cl)c1Cc1cccc(F)c1. The molecule has 0 unspecified atom stereocenters. The summed E-state index contributed by atoms with van der Waals surface area (Å²) in [5.74, 6) is -1.67. The van der Waals surface area contributed by atoms with Crippen LogP contribution in [0, 0.1) is 5.82 Å². The Balaban J connectivity index is 1.71. The molecule has 9 heteroatoms. The number of carbonyl (C=O) groups excluding carboxylic acids is 3. The van der Waals surface area contributed by atoms with Gasteiger partial charge in [0.25, 0.3) is 11.8 Å². The van der Waals surface area contributed by atoms with Crippen molar-refractivity contribution in [2.24, 2.45) is 0 Å². The smallest absolute Gasteiger partial charge is 0.335 e. The predicted octanol–water partition coefficient (Wildman–Crippen LogP) is 4.84. The van der Waals surface area contributed by atoms with Gasteiger partial charge in [-0.2, -0.15) is 0 Å². The molecule has 1 saturated heterocycles. The number of nitrogens with one attached hydrogen (secondary N) is 1. The lowest BCUT2D eigenvalue weighted by Crippen LogP contribution is -2.54. The van der Waals surface area contributed by atoms with Gasteiger partial charge < -0.3 is 9.84 Å². The van der Waals surface area contributed by atoms with Crippen molar-refractivity contribution in [3.63, 3.8) is 0 Å². The monoisotopic (exact) mass is 494 g/mol. The summed E-state index contributed by atoms with van der Waals surface area (Å²) in [4.78, 5) is 38.7. The number of hydrogen-bond acceptors (Lipinski definition) is 5. The molecule has 1 aliphatic heterocycles. The van der Waals surface area contributed by atoms with Gasteiger partial charge in [0.05, 0.1) is 12.3 Å². The predicted molar refractivity (Wildman–Crippen MR) is 129 cm³/mol. The number of halogens is 2. The minimum absolute atomic E-state index is 0.0399. The van der Waals surface area contributed by atoms with E-state index < -0.39 is 17.8 Å². The van der Waals surface area contributed by atoms with Gasteiger partial charge >= 0.3 is 6.03 Å². The molecule has 4 amide bonds. The number of benzene rings is 3. The number of phenolic OH excluding ortho intramolecular Hbond substituents is 1. The Hall–Kier alpha value is -4.17. The van der Waals surface area contributed by atoms with Crippen molar-refractivity contribution in [3.05, 3.63) is 93.8 Å². The van der Waals surface area contributed by atoms with Gasteiger partial charge in [0.2, 0.25) is 0 Å². The van der Waals surface area contributed by atoms with Crippen molar-refractivity contribution in [2.45, 2.75) is 13.3 Å². The minimum atomic E-state index is -0.902. The van der Waals surface area contributed by atoms with E-state index >= 15 is 0 Å². The first kappa shape index (κ1) is 24.0. The van der Waals surface area contributed by atoms with E-state index in [9.17, 15) is 23.9 Å². The van der Waals surface area contributed by atoms with E-state index in [2.05, 4.69) is 5.32 Å². The van der Waals surface area contributed by atoms with E-state index in [1.807, 2.05) is 0 Å². The van der Waals surface area contributed by atoms with Crippen LogP contribution in [0.15, 0.2) is 66.2 Å². The van der Waals surface area contributed by atoms with Gasteiger partial charge in [0, 0.05) is 17.0 Å². The van der Waals surface area contributed by atoms with E-state index in [0.29, 0.717) is 40.5 Å². The Morgan fingerprint density at radius 3 is 2.51 bits per heavy atom. The molecule has 4 rings (SSSR count). The van der Waals surface area contributed by atoms with Gasteiger partial charge in [-0.3, -0.25) is 14.9 Å². The second-order valence-corrected chi connectivity index (χ2v) is 8.10. The Bertz CT molecular complexity index is 1350. The number of rotatable bonds is 6. The Morgan fingerprint density at radius 2 is 1.83 bits per heavy atom. The summed E-state index contributed by atoms with van der Waals surface area (Å²) in [6, 6.07) is 13.8. The molecule has 1 heterocycles. The minimum Gasteiger partial charge on any atom is -0.508 e. The van der Waals surface area contributed by atoms with Gasteiger partial charge in [0.1, 0.15) is 22.9 Å². The van der Waals surface area contributed by atoms with Crippen LogP contribution in [0.25, 0.3) is 6.08 Å². The summed E-state index contributed by atoms with van der Waals surface area (Å²) in [6.07, 6.45) is 1.63. The van der Waals surface area contributed by atoms with Crippen LogP contribution in [0.4, 0.5) is 14.9 Å². The highest BCUT2D eigenvalue weighted by Crippen LogP contribution is 2.33. The van der Waals surface area contributed by atoms with Gasteiger partial charge in [-0.15, -0.1) is 0 Å². The molecule has 0 atom stereocenters. The molecule has 178 valence electrons. The summed E-state index contributed by atoms with van der Waals surface area (Å²) in [6.45, 7) is 2.12. The zero-order valence-corrected chi connectivity index (χ0v) is 19.3. The molecule has 0 bridgehead atoms. The maximum atomic E-state index is 13.6. The third-order valence-electron chi connectivity index (χ3n) is 5.27. The second kappa shape index (κ2) is 9.99. The van der Waals surface area contributed by atoms with Crippen LogP contribution in [0.5, 0.6) is 11.5 Å². The molecule has 0 radical (unpaired) electrons. The fourth-order valence-corrected chi connectivity index (χ4v) is 3.97. The molecule has 7 nitrogen and oxygen atoms in total. The number of hydrogen-bond donors (Lipinski definition) is 2. The van der Waals surface area contributed by atoms with E-state index in [-0.39, 0.29) is 22.8 Å². The highest BCUT2D eigenvalue weighted by atomic mass is 35.5. The highest BCUT2D eigenvalue weighted by Gasteiger charge is 2.36. The number of barbiturate groups is 1. The lowest BCUT2D eigenvalue weighted by molar-refractivity contribution is -0.122. The van der Waals surface area contributed by atoms with Gasteiger partial charge in [-0.25, -0.2) is 14.1 Å². The standard InChI is InChI=1S/C26H20ClFN2O5/c1-2-35-23-14-16(13-22(27)20(23)11-15-4-3-5-17(28)10-15)12-21-24(32)29-26(34)30(25(21)33)18-6-8-19(31)9-7-18/h3-10,12-14,31H,2,11H2,1H3,(H,29,32,34)/b21-12+. The average Bonchev–Trinajstić information content (AvgIpc) is 2.80. The Labute approximate surface area is 205 Å². The normalized spacial score (nSPS) is 14.9. The summed E-state index contributed by atoms with van der Waals surface area (Å²) < 4.78 is 19.4. The molecule has 0 aliphatic carbocycles. The quantitative estimate of drug-likeness (QED) is 0.377. The van der Waals surface area contributed by atoms with Crippen LogP contribution in [-0.2, 0) is 16.0 Å². The number of nitrogens with zero attached hydrogens (tertiary/aromatic N) is 1. The molecule has 0 spiro atoms. The fraction of sp³-hybridized carbons (Fsp3) is 0.115. The van der Waals surface area contributed by atoms with Crippen LogP contribution >= 0.6 is 11.6 Å². The van der Waals surface area contributed by atoms with E-state index in [1.54, 1.807) is 31.2 Å². The van der Waals surface area contributed by atoms with Crippen molar-refractivity contribution in [1.82, 2.24) is 5.32 Å². The van der Waals surface area contributed by atoms with E-state index in [4.69, 9.17) is 16.3 Å². The van der Waals surface area contributed by atoms with Gasteiger partial charge in [-0.1, -0.05) is 23.7 Å². The van der Waals surface area contributed by atoms with Crippen LogP contribution in [0.3, 0.4) is 0 Å². The molecule has 1 aliphatic rings. The van der Waals surface area contributed by atoms with Crippen LogP contribution < -0.4 is 15.0 Å². The number of aromatic hydroxyl groups is 1. The number of urea groups is 1. The second-order valence-electron chi connectivity index (χ2n) is 7.69. The molecule has 0 aromatic heterocycles. The number of phenols is 1. The number of anilines is 1. The third-order valence-corrected chi connectivity index (χ3v) is 5.60. The molecule has 3 aromatic rings. The molecule has 35 heavy (non-hydrogen) atoms. The average molecular weight is 495 g/mol. The molecule has 2 N–H and O–H groups in total. The lowest BCUT2D eigenvalue weighted by Gasteiger charge is -2.26. The van der Waals surface area contributed by atoms with Crippen LogP contribution in [0.1, 0.15) is 23.6 Å². The highest BCUT2D eigenvalue weighted by molar-refractivity contribution is 6.39. The molecular formula is C26H20ClFN2O5. The number of carbonyl (C=O) groups is 3. The first-order valence-corrected chi connectivity index (χ1v) is 11.0. The third kappa shape index (κ3) is 5.17. The largest absolute Gasteiger partial charge is 0.508 e. The molecule has 1 fully saturated rings. The molecule has 3 aromatic carbocycles. The van der Waals surface area contributed by atoms with Crippen molar-refractivity contribution >= 4 is 41.2 Å². The first-order chi connectivity index (χ1) is 16.8. The van der Waals surface area contributed by atoms with Crippen molar-refractivity contribution in [2.75, 3.05) is 11.5 Å². The maximum Gasteiger partial charge on any atom is 0.335 e. The lowest BCUT2D eigenvalue weighted by atomic mass is 10.00. The van der Waals surface area contributed by atoms with Crippen LogP contribution in [0.2, 0.25) is 5.02 Å². The van der Waals surface area contributed by atoms with Crippen molar-refractivity contribution < 1.29 is 28.6 Å². The Morgan fingerprint density at radius 1 is 1.09 bits per heavy atom. The number of ether oxygens (including phenoxy) is 1. The van der Waals surface area contributed by atoms with E-state index in [1.165, 1.54) is 42.5 Å². The van der Waals surface area contributed by atoms with Crippen molar-refractivity contribution in [3.8, 4) is 11.5 Å². The summed E-state index contributed by atoms with van der Waals surface area (Å²) in [5.41, 5.74) is 1.63. The zero-order valence-electron chi connectivity index (χ0n) is 18.5. The maximum absolute atomic E-state index is 13.6. The molecule has 0 saturated carbocycles. The van der Waals surface area contributed by atoms with E-state index in [0.717, 1.165) is 4.90 Å². The first-order valence-electron chi connectivity index (χ1n) is 10.7. The van der Waals surface area contributed by atoms with Crippen LogP contribution in [-0.4, -0.2) is 29.6 Å². The zero-order chi connectivity index (χ0) is 25.1. The van der Waals surface area contributed by atoms with Crippen molar-refractivity contribution in [1.29, 1.82) is 0 Å². The number of imide groups is 2.